The molecular weight excluding hydrogens is 280 g/mol. The molecule has 5 heteroatoms. The summed E-state index contributed by atoms with van der Waals surface area (Å²) >= 11 is 1.76. The molecule has 1 aliphatic rings. The smallest absolute Gasteiger partial charge is 0.138 e. The number of amidine groups is 1. The normalized spacial score (nSPS) is 15.0. The van der Waals surface area contributed by atoms with Crippen LogP contribution in [0, 0.1) is 0 Å². The van der Waals surface area contributed by atoms with Gasteiger partial charge in [0, 0.05) is 12.1 Å². The molecule has 0 saturated heterocycles. The second-order valence-electron chi connectivity index (χ2n) is 5.17. The van der Waals surface area contributed by atoms with Gasteiger partial charge >= 0.3 is 0 Å². The van der Waals surface area contributed by atoms with Crippen molar-refractivity contribution in [3.8, 4) is 0 Å². The van der Waals surface area contributed by atoms with E-state index >= 15 is 0 Å². The molecule has 1 N–H and O–H groups in total. The number of hydrogen-bond acceptors (Lipinski definition) is 4. The number of rotatable bonds is 1. The Balaban J connectivity index is 1.85. The van der Waals surface area contributed by atoms with Crippen molar-refractivity contribution >= 4 is 44.1 Å². The molecule has 0 atom stereocenters. The number of nitrogens with zero attached hydrogens (tertiary/aromatic N) is 3. The number of nitrogens with one attached hydrogen (secondary N) is 1. The minimum Gasteiger partial charge on any atom is -0.368 e. The van der Waals surface area contributed by atoms with Crippen LogP contribution in [0.4, 0.5) is 0 Å². The van der Waals surface area contributed by atoms with Gasteiger partial charge in [0.05, 0.1) is 27.8 Å². The van der Waals surface area contributed by atoms with Crippen molar-refractivity contribution in [2.24, 2.45) is 4.99 Å². The van der Waals surface area contributed by atoms with Crippen LogP contribution in [0.3, 0.4) is 0 Å². The lowest BCUT2D eigenvalue weighted by Crippen LogP contribution is -2.19. The average Bonchev–Trinajstić information content (AvgIpc) is 3.24. The van der Waals surface area contributed by atoms with Crippen molar-refractivity contribution in [2.45, 2.75) is 0 Å². The van der Waals surface area contributed by atoms with Gasteiger partial charge in [0.15, 0.2) is 0 Å². The summed E-state index contributed by atoms with van der Waals surface area (Å²) in [6.45, 7) is 1.78. The van der Waals surface area contributed by atoms with E-state index in [9.17, 15) is 0 Å². The molecule has 0 unspecified atom stereocenters. The van der Waals surface area contributed by atoms with Crippen molar-refractivity contribution in [1.29, 1.82) is 0 Å². The number of aliphatic imine (C=N–C) groups is 1. The predicted octanol–water partition coefficient (Wildman–Crippen LogP) is 3.05. The Labute approximate surface area is 124 Å². The van der Waals surface area contributed by atoms with Crippen LogP contribution in [-0.2, 0) is 0 Å². The van der Waals surface area contributed by atoms with E-state index in [0.717, 1.165) is 41.2 Å². The van der Waals surface area contributed by atoms with Crippen LogP contribution in [0.15, 0.2) is 46.8 Å². The van der Waals surface area contributed by atoms with Crippen LogP contribution >= 0.6 is 11.3 Å². The summed E-state index contributed by atoms with van der Waals surface area (Å²) < 4.78 is 3.52. The first-order valence-corrected chi connectivity index (χ1v) is 7.85. The molecule has 4 heterocycles. The highest BCUT2D eigenvalue weighted by molar-refractivity contribution is 7.17. The standard InChI is InChI=1S/C16H12N4S/c1-2-12-11(9-10(1)16-17-6-7-18-16)19-15-4-3-14-13(20(12)15)5-8-21-14/h1-5,8-9H,6-7H2,(H,17,18). The molecule has 0 spiro atoms. The minimum atomic E-state index is 0.855. The van der Waals surface area contributed by atoms with Gasteiger partial charge < -0.3 is 5.32 Å². The van der Waals surface area contributed by atoms with Crippen LogP contribution in [0.1, 0.15) is 5.56 Å². The molecule has 0 bridgehead atoms. The van der Waals surface area contributed by atoms with E-state index in [1.807, 2.05) is 0 Å². The fourth-order valence-electron chi connectivity index (χ4n) is 2.98. The Morgan fingerprint density at radius 1 is 1.10 bits per heavy atom. The van der Waals surface area contributed by atoms with Gasteiger partial charge in [-0.05, 0) is 41.8 Å². The summed E-state index contributed by atoms with van der Waals surface area (Å²) in [7, 11) is 0. The molecule has 4 aromatic rings. The minimum absolute atomic E-state index is 0.855. The molecular formula is C16H12N4S. The summed E-state index contributed by atoms with van der Waals surface area (Å²) in [5.74, 6) is 0.981. The third-order valence-corrected chi connectivity index (χ3v) is 4.80. The monoisotopic (exact) mass is 292 g/mol. The predicted molar refractivity (Wildman–Crippen MR) is 87.5 cm³/mol. The van der Waals surface area contributed by atoms with Crippen molar-refractivity contribution in [1.82, 2.24) is 14.7 Å². The fraction of sp³-hybridized carbons (Fsp3) is 0.125. The van der Waals surface area contributed by atoms with Gasteiger partial charge in [-0.1, -0.05) is 0 Å². The van der Waals surface area contributed by atoms with E-state index in [1.54, 1.807) is 11.3 Å². The van der Waals surface area contributed by atoms with Crippen LogP contribution in [0.2, 0.25) is 0 Å². The third-order valence-electron chi connectivity index (χ3n) is 3.93. The van der Waals surface area contributed by atoms with Crippen molar-refractivity contribution in [3.63, 3.8) is 0 Å². The zero-order valence-corrected chi connectivity index (χ0v) is 12.0. The fourth-order valence-corrected chi connectivity index (χ4v) is 3.75. The van der Waals surface area contributed by atoms with E-state index in [4.69, 9.17) is 4.98 Å². The first-order chi connectivity index (χ1) is 10.4. The highest BCUT2D eigenvalue weighted by Gasteiger charge is 2.12. The van der Waals surface area contributed by atoms with E-state index in [2.05, 4.69) is 56.5 Å². The molecule has 1 aromatic carbocycles. The SMILES string of the molecule is c1cc2c(ccc3nc4cc(C5=NCCN5)ccc4n32)s1. The van der Waals surface area contributed by atoms with Crippen LogP contribution < -0.4 is 5.32 Å². The Hall–Kier alpha value is -2.40. The number of hydrogen-bond donors (Lipinski definition) is 1. The van der Waals surface area contributed by atoms with E-state index < -0.39 is 0 Å². The van der Waals surface area contributed by atoms with Gasteiger partial charge in [-0.2, -0.15) is 0 Å². The highest BCUT2D eigenvalue weighted by Crippen LogP contribution is 2.27. The third kappa shape index (κ3) is 1.55. The summed E-state index contributed by atoms with van der Waals surface area (Å²) in [4.78, 5) is 9.24. The van der Waals surface area contributed by atoms with Crippen molar-refractivity contribution in [3.05, 3.63) is 47.3 Å². The molecule has 1 aliphatic heterocycles. The molecule has 5 rings (SSSR count). The molecule has 0 radical (unpaired) electrons. The maximum atomic E-state index is 4.76. The molecule has 0 fully saturated rings. The number of imidazole rings is 1. The van der Waals surface area contributed by atoms with Crippen molar-refractivity contribution in [2.75, 3.05) is 13.1 Å². The number of pyridine rings is 1. The average molecular weight is 292 g/mol. The zero-order valence-electron chi connectivity index (χ0n) is 11.2. The number of aromatic nitrogens is 2. The van der Waals surface area contributed by atoms with Gasteiger partial charge in [0.1, 0.15) is 11.5 Å². The molecule has 21 heavy (non-hydrogen) atoms. The van der Waals surface area contributed by atoms with Gasteiger partial charge in [-0.3, -0.25) is 9.39 Å². The van der Waals surface area contributed by atoms with Gasteiger partial charge in [-0.25, -0.2) is 4.98 Å². The summed E-state index contributed by atoms with van der Waals surface area (Å²) in [6.07, 6.45) is 0. The molecule has 0 amide bonds. The van der Waals surface area contributed by atoms with E-state index in [-0.39, 0.29) is 0 Å². The first kappa shape index (κ1) is 11.3. The summed E-state index contributed by atoms with van der Waals surface area (Å²) in [5.41, 5.74) is 5.50. The van der Waals surface area contributed by atoms with Gasteiger partial charge in [-0.15, -0.1) is 11.3 Å². The maximum Gasteiger partial charge on any atom is 0.138 e. The van der Waals surface area contributed by atoms with Crippen LogP contribution in [0.5, 0.6) is 0 Å². The maximum absolute atomic E-state index is 4.76. The Bertz CT molecular complexity index is 1020. The van der Waals surface area contributed by atoms with Gasteiger partial charge in [0.25, 0.3) is 0 Å². The lowest BCUT2D eigenvalue weighted by atomic mass is 10.2. The number of thiophene rings is 1. The van der Waals surface area contributed by atoms with Gasteiger partial charge in [0.2, 0.25) is 0 Å². The summed E-state index contributed by atoms with van der Waals surface area (Å²) in [6, 6.07) is 12.8. The van der Waals surface area contributed by atoms with E-state index in [0.29, 0.717) is 0 Å². The quantitative estimate of drug-likeness (QED) is 0.586. The Morgan fingerprint density at radius 2 is 2.10 bits per heavy atom. The molecule has 3 aromatic heterocycles. The molecule has 4 nitrogen and oxygen atoms in total. The van der Waals surface area contributed by atoms with Crippen LogP contribution in [-0.4, -0.2) is 28.3 Å². The van der Waals surface area contributed by atoms with Crippen molar-refractivity contribution < 1.29 is 0 Å². The molecule has 0 saturated carbocycles. The van der Waals surface area contributed by atoms with Crippen LogP contribution in [0.25, 0.3) is 26.9 Å². The Morgan fingerprint density at radius 3 is 3.00 bits per heavy atom. The second kappa shape index (κ2) is 4.05. The lowest BCUT2D eigenvalue weighted by Gasteiger charge is -2.02. The number of benzene rings is 1. The lowest BCUT2D eigenvalue weighted by molar-refractivity contribution is 0.960. The topological polar surface area (TPSA) is 41.7 Å². The Kier molecular flexibility index (Phi) is 2.18. The summed E-state index contributed by atoms with van der Waals surface area (Å²) in [5, 5.41) is 5.44. The van der Waals surface area contributed by atoms with E-state index in [1.165, 1.54) is 10.2 Å². The highest BCUT2D eigenvalue weighted by atomic mass is 32.1. The second-order valence-corrected chi connectivity index (χ2v) is 6.12. The number of fused-ring (bicyclic) bond motifs is 5. The zero-order chi connectivity index (χ0) is 13.8. The molecule has 0 aliphatic carbocycles. The molecule has 102 valence electrons. The largest absolute Gasteiger partial charge is 0.368 e. The first-order valence-electron chi connectivity index (χ1n) is 6.97.